The highest BCUT2D eigenvalue weighted by molar-refractivity contribution is 7.13. The summed E-state index contributed by atoms with van der Waals surface area (Å²) in [4.78, 5) is 5.38. The summed E-state index contributed by atoms with van der Waals surface area (Å²) in [6, 6.07) is 1.92. The van der Waals surface area contributed by atoms with Gasteiger partial charge in [-0.25, -0.2) is 4.98 Å². The van der Waals surface area contributed by atoms with Crippen molar-refractivity contribution in [2.75, 3.05) is 27.4 Å². The molecule has 0 aliphatic rings. The lowest BCUT2D eigenvalue weighted by molar-refractivity contribution is 0.199. The van der Waals surface area contributed by atoms with E-state index in [1.807, 2.05) is 11.4 Å². The molecule has 18 heavy (non-hydrogen) atoms. The zero-order chi connectivity index (χ0) is 12.8. The summed E-state index contributed by atoms with van der Waals surface area (Å²) in [7, 11) is 3.33. The van der Waals surface area contributed by atoms with Crippen LogP contribution in [0.2, 0.25) is 0 Å². The number of hydrogen-bond acceptors (Lipinski definition) is 6. The van der Waals surface area contributed by atoms with Crippen molar-refractivity contribution in [2.45, 2.75) is 6.54 Å². The number of rotatable bonds is 7. The molecule has 0 spiro atoms. The van der Waals surface area contributed by atoms with Crippen molar-refractivity contribution in [1.82, 2.24) is 10.3 Å². The molecule has 0 aromatic carbocycles. The standard InChI is InChI=1S/C12H16N2O3S/c1-15-4-3-13-6-9-7-17-12(14-9)11-5-10(16-2)8-18-11/h5,7-8,13H,3-4,6H2,1-2H3. The van der Waals surface area contributed by atoms with E-state index in [1.165, 1.54) is 0 Å². The highest BCUT2D eigenvalue weighted by atomic mass is 32.1. The normalized spacial score (nSPS) is 10.8. The molecule has 2 heterocycles. The molecule has 0 radical (unpaired) electrons. The van der Waals surface area contributed by atoms with Crippen molar-refractivity contribution in [3.63, 3.8) is 0 Å². The van der Waals surface area contributed by atoms with E-state index in [9.17, 15) is 0 Å². The van der Waals surface area contributed by atoms with Crippen LogP contribution in [0.25, 0.3) is 10.8 Å². The second-order valence-electron chi connectivity index (χ2n) is 3.66. The molecule has 1 N–H and O–H groups in total. The molecule has 2 aromatic heterocycles. The Morgan fingerprint density at radius 3 is 3.06 bits per heavy atom. The van der Waals surface area contributed by atoms with E-state index in [4.69, 9.17) is 13.9 Å². The Morgan fingerprint density at radius 1 is 1.44 bits per heavy atom. The molecule has 5 nitrogen and oxygen atoms in total. The summed E-state index contributed by atoms with van der Waals surface area (Å²) in [6.45, 7) is 2.16. The number of hydrogen-bond donors (Lipinski definition) is 1. The predicted molar refractivity (Wildman–Crippen MR) is 70.0 cm³/mol. The Bertz CT molecular complexity index is 481. The molecular formula is C12H16N2O3S. The van der Waals surface area contributed by atoms with E-state index in [0.29, 0.717) is 19.0 Å². The van der Waals surface area contributed by atoms with Gasteiger partial charge in [-0.1, -0.05) is 0 Å². The Morgan fingerprint density at radius 2 is 2.33 bits per heavy atom. The summed E-state index contributed by atoms with van der Waals surface area (Å²) in [5.41, 5.74) is 0.883. The van der Waals surface area contributed by atoms with E-state index in [2.05, 4.69) is 10.3 Å². The van der Waals surface area contributed by atoms with Crippen LogP contribution in [-0.4, -0.2) is 32.4 Å². The largest absolute Gasteiger partial charge is 0.496 e. The predicted octanol–water partition coefficient (Wildman–Crippen LogP) is 2.15. The van der Waals surface area contributed by atoms with Crippen LogP contribution < -0.4 is 10.1 Å². The SMILES string of the molecule is COCCNCc1coc(-c2cc(OC)cs2)n1. The fourth-order valence-corrected chi connectivity index (χ4v) is 2.22. The maximum Gasteiger partial charge on any atom is 0.236 e. The molecule has 0 aliphatic carbocycles. The van der Waals surface area contributed by atoms with Gasteiger partial charge >= 0.3 is 0 Å². The number of aromatic nitrogens is 1. The molecule has 0 saturated carbocycles. The summed E-state index contributed by atoms with van der Waals surface area (Å²) < 4.78 is 15.5. The summed E-state index contributed by atoms with van der Waals surface area (Å²) in [5.74, 6) is 1.46. The maximum atomic E-state index is 5.44. The average molecular weight is 268 g/mol. The number of methoxy groups -OCH3 is 2. The summed E-state index contributed by atoms with van der Waals surface area (Å²) in [5, 5.41) is 5.14. The summed E-state index contributed by atoms with van der Waals surface area (Å²) in [6.07, 6.45) is 1.67. The smallest absolute Gasteiger partial charge is 0.236 e. The van der Waals surface area contributed by atoms with Gasteiger partial charge in [-0.05, 0) is 0 Å². The molecule has 0 saturated heterocycles. The van der Waals surface area contributed by atoms with Crippen LogP contribution in [0.3, 0.4) is 0 Å². The first-order valence-electron chi connectivity index (χ1n) is 5.60. The lowest BCUT2D eigenvalue weighted by atomic mass is 10.4. The molecule has 0 aliphatic heterocycles. The van der Waals surface area contributed by atoms with Gasteiger partial charge in [0.15, 0.2) is 0 Å². The molecule has 6 heteroatoms. The lowest BCUT2D eigenvalue weighted by Gasteiger charge is -1.99. The molecule has 2 aromatic rings. The van der Waals surface area contributed by atoms with Gasteiger partial charge in [0, 0.05) is 31.6 Å². The average Bonchev–Trinajstić information content (AvgIpc) is 3.03. The molecule has 0 unspecified atom stereocenters. The van der Waals surface area contributed by atoms with E-state index >= 15 is 0 Å². The Labute approximate surface area is 110 Å². The fraction of sp³-hybridized carbons (Fsp3) is 0.417. The van der Waals surface area contributed by atoms with Crippen LogP contribution in [0, 0.1) is 0 Å². The number of ether oxygens (including phenoxy) is 2. The van der Waals surface area contributed by atoms with Crippen LogP contribution in [0.5, 0.6) is 5.75 Å². The topological polar surface area (TPSA) is 56.5 Å². The number of oxazole rings is 1. The Kier molecular flexibility index (Phi) is 4.74. The van der Waals surface area contributed by atoms with Gasteiger partial charge < -0.3 is 19.2 Å². The van der Waals surface area contributed by atoms with Crippen LogP contribution in [0.1, 0.15) is 5.69 Å². The number of thiophene rings is 1. The zero-order valence-corrected chi connectivity index (χ0v) is 11.3. The molecule has 0 atom stereocenters. The second-order valence-corrected chi connectivity index (χ2v) is 4.58. The summed E-state index contributed by atoms with van der Waals surface area (Å²) >= 11 is 1.55. The van der Waals surface area contributed by atoms with E-state index < -0.39 is 0 Å². The van der Waals surface area contributed by atoms with Crippen molar-refractivity contribution in [2.24, 2.45) is 0 Å². The fourth-order valence-electron chi connectivity index (χ4n) is 1.43. The first kappa shape index (κ1) is 13.1. The van der Waals surface area contributed by atoms with Crippen LogP contribution in [0.15, 0.2) is 22.1 Å². The quantitative estimate of drug-likeness (QED) is 0.780. The molecule has 98 valence electrons. The number of nitrogens with zero attached hydrogens (tertiary/aromatic N) is 1. The van der Waals surface area contributed by atoms with Gasteiger partial charge in [0.2, 0.25) is 5.89 Å². The molecule has 0 amide bonds. The zero-order valence-electron chi connectivity index (χ0n) is 10.4. The number of nitrogens with one attached hydrogen (secondary N) is 1. The highest BCUT2D eigenvalue weighted by Gasteiger charge is 2.09. The van der Waals surface area contributed by atoms with E-state index in [-0.39, 0.29) is 0 Å². The van der Waals surface area contributed by atoms with Crippen molar-refractivity contribution >= 4 is 11.3 Å². The minimum absolute atomic E-state index is 0.631. The third-order valence-corrected chi connectivity index (χ3v) is 3.26. The van der Waals surface area contributed by atoms with Crippen LogP contribution >= 0.6 is 11.3 Å². The minimum atomic E-state index is 0.631. The van der Waals surface area contributed by atoms with E-state index in [0.717, 1.165) is 22.9 Å². The van der Waals surface area contributed by atoms with E-state index in [1.54, 1.807) is 31.8 Å². The lowest BCUT2D eigenvalue weighted by Crippen LogP contribution is -2.18. The van der Waals surface area contributed by atoms with Crippen molar-refractivity contribution in [1.29, 1.82) is 0 Å². The van der Waals surface area contributed by atoms with Gasteiger partial charge in [-0.15, -0.1) is 11.3 Å². The van der Waals surface area contributed by atoms with Gasteiger partial charge in [-0.3, -0.25) is 0 Å². The first-order chi connectivity index (χ1) is 8.83. The molecule has 0 bridgehead atoms. The Hall–Kier alpha value is -1.37. The van der Waals surface area contributed by atoms with Crippen LogP contribution in [-0.2, 0) is 11.3 Å². The minimum Gasteiger partial charge on any atom is -0.496 e. The van der Waals surface area contributed by atoms with Crippen LogP contribution in [0.4, 0.5) is 0 Å². The van der Waals surface area contributed by atoms with Gasteiger partial charge in [0.05, 0.1) is 24.3 Å². The molecular weight excluding hydrogens is 252 g/mol. The van der Waals surface area contributed by atoms with Crippen molar-refractivity contribution in [3.05, 3.63) is 23.4 Å². The Balaban J connectivity index is 1.93. The monoisotopic (exact) mass is 268 g/mol. The molecule has 2 rings (SSSR count). The third-order valence-electron chi connectivity index (χ3n) is 2.36. The maximum absolute atomic E-state index is 5.44. The van der Waals surface area contributed by atoms with Gasteiger partial charge in [0.25, 0.3) is 0 Å². The molecule has 0 fully saturated rings. The van der Waals surface area contributed by atoms with Crippen molar-refractivity contribution < 1.29 is 13.9 Å². The third kappa shape index (κ3) is 3.32. The van der Waals surface area contributed by atoms with Gasteiger partial charge in [0.1, 0.15) is 12.0 Å². The van der Waals surface area contributed by atoms with Crippen molar-refractivity contribution in [3.8, 4) is 16.5 Å². The highest BCUT2D eigenvalue weighted by Crippen LogP contribution is 2.30. The first-order valence-corrected chi connectivity index (χ1v) is 6.48. The second kappa shape index (κ2) is 6.53. The van der Waals surface area contributed by atoms with Gasteiger partial charge in [-0.2, -0.15) is 0 Å².